The third-order valence-corrected chi connectivity index (χ3v) is 2.37. The fourth-order valence-corrected chi connectivity index (χ4v) is 1.62. The lowest BCUT2D eigenvalue weighted by Crippen LogP contribution is -2.40. The summed E-state index contributed by atoms with van der Waals surface area (Å²) in [5, 5.41) is 12.9. The summed E-state index contributed by atoms with van der Waals surface area (Å²) in [5.74, 6) is 0. The second-order valence-electron chi connectivity index (χ2n) is 5.05. The molecule has 0 aliphatic heterocycles. The van der Waals surface area contributed by atoms with Gasteiger partial charge in [0.25, 0.3) is 0 Å². The van der Waals surface area contributed by atoms with E-state index in [1.165, 1.54) is 6.42 Å². The maximum atomic E-state index is 9.52. The van der Waals surface area contributed by atoms with Crippen molar-refractivity contribution in [1.82, 2.24) is 5.32 Å². The van der Waals surface area contributed by atoms with Crippen LogP contribution in [-0.2, 0) is 0 Å². The highest BCUT2D eigenvalue weighted by Crippen LogP contribution is 2.20. The Hall–Kier alpha value is -0.0800. The topological polar surface area (TPSA) is 32.3 Å². The van der Waals surface area contributed by atoms with Crippen molar-refractivity contribution in [3.05, 3.63) is 0 Å². The molecular weight excluding hydrogens is 150 g/mol. The van der Waals surface area contributed by atoms with Gasteiger partial charge in [-0.05, 0) is 24.7 Å². The lowest BCUT2D eigenvalue weighted by atomic mass is 9.96. The average Bonchev–Trinajstić information content (AvgIpc) is 2.29. The molecule has 2 nitrogen and oxygen atoms in total. The zero-order valence-electron chi connectivity index (χ0n) is 8.43. The number of nitrogens with one attached hydrogen (secondary N) is 1. The van der Waals surface area contributed by atoms with Crippen molar-refractivity contribution in [3.63, 3.8) is 0 Å². The molecule has 1 aliphatic rings. The van der Waals surface area contributed by atoms with Gasteiger partial charge in [-0.15, -0.1) is 0 Å². The molecule has 2 N–H and O–H groups in total. The van der Waals surface area contributed by atoms with Gasteiger partial charge in [-0.25, -0.2) is 0 Å². The third kappa shape index (κ3) is 3.11. The molecule has 72 valence electrons. The molecule has 0 aromatic heterocycles. The Kier molecular flexibility index (Phi) is 3.13. The predicted octanol–water partition coefficient (Wildman–Crippen LogP) is 1.54. The van der Waals surface area contributed by atoms with E-state index in [0.29, 0.717) is 11.5 Å². The fraction of sp³-hybridized carbons (Fsp3) is 1.00. The van der Waals surface area contributed by atoms with E-state index < -0.39 is 0 Å². The van der Waals surface area contributed by atoms with Crippen molar-refractivity contribution in [1.29, 1.82) is 0 Å². The molecular formula is C10H21NO. The van der Waals surface area contributed by atoms with Crippen LogP contribution in [0.25, 0.3) is 0 Å². The minimum absolute atomic E-state index is 0.104. The average molecular weight is 171 g/mol. The van der Waals surface area contributed by atoms with Gasteiger partial charge in [0.15, 0.2) is 0 Å². The number of aliphatic hydroxyl groups excluding tert-OH is 1. The molecule has 0 aromatic rings. The van der Waals surface area contributed by atoms with E-state index in [1.807, 2.05) is 0 Å². The highest BCUT2D eigenvalue weighted by molar-refractivity contribution is 4.83. The van der Waals surface area contributed by atoms with Crippen molar-refractivity contribution in [3.8, 4) is 0 Å². The number of aliphatic hydroxyl groups is 1. The third-order valence-electron chi connectivity index (χ3n) is 2.37. The van der Waals surface area contributed by atoms with Crippen LogP contribution in [-0.4, -0.2) is 23.8 Å². The Balaban J connectivity index is 2.23. The quantitative estimate of drug-likeness (QED) is 0.660. The van der Waals surface area contributed by atoms with Crippen LogP contribution in [0.15, 0.2) is 0 Å². The summed E-state index contributed by atoms with van der Waals surface area (Å²) < 4.78 is 0. The van der Waals surface area contributed by atoms with Crippen LogP contribution in [0.2, 0.25) is 0 Å². The van der Waals surface area contributed by atoms with Crippen LogP contribution < -0.4 is 5.32 Å². The maximum absolute atomic E-state index is 9.52. The highest BCUT2D eigenvalue weighted by Gasteiger charge is 2.25. The van der Waals surface area contributed by atoms with Gasteiger partial charge in [-0.2, -0.15) is 0 Å². The summed E-state index contributed by atoms with van der Waals surface area (Å²) in [6, 6.07) is 0.351. The molecule has 0 heterocycles. The van der Waals surface area contributed by atoms with Gasteiger partial charge in [0, 0.05) is 12.6 Å². The summed E-state index contributed by atoms with van der Waals surface area (Å²) in [7, 11) is 0. The van der Waals surface area contributed by atoms with Crippen molar-refractivity contribution >= 4 is 0 Å². The van der Waals surface area contributed by atoms with E-state index in [1.54, 1.807) is 0 Å². The van der Waals surface area contributed by atoms with Crippen LogP contribution in [0.3, 0.4) is 0 Å². The summed E-state index contributed by atoms with van der Waals surface area (Å²) >= 11 is 0. The minimum Gasteiger partial charge on any atom is -0.392 e. The van der Waals surface area contributed by atoms with Gasteiger partial charge >= 0.3 is 0 Å². The summed E-state index contributed by atoms with van der Waals surface area (Å²) in [4.78, 5) is 0. The lowest BCUT2D eigenvalue weighted by Gasteiger charge is -2.24. The first-order valence-corrected chi connectivity index (χ1v) is 4.90. The van der Waals surface area contributed by atoms with Crippen molar-refractivity contribution in [2.24, 2.45) is 5.41 Å². The number of hydrogen-bond acceptors (Lipinski definition) is 2. The van der Waals surface area contributed by atoms with E-state index in [4.69, 9.17) is 0 Å². The first-order chi connectivity index (χ1) is 5.49. The van der Waals surface area contributed by atoms with Crippen LogP contribution >= 0.6 is 0 Å². The van der Waals surface area contributed by atoms with Crippen molar-refractivity contribution in [2.45, 2.75) is 52.2 Å². The zero-order chi connectivity index (χ0) is 9.19. The highest BCUT2D eigenvalue weighted by atomic mass is 16.3. The van der Waals surface area contributed by atoms with Crippen LogP contribution in [0.4, 0.5) is 0 Å². The summed E-state index contributed by atoms with van der Waals surface area (Å²) in [5.41, 5.74) is 0.322. The van der Waals surface area contributed by atoms with E-state index in [0.717, 1.165) is 19.4 Å². The molecule has 2 heteroatoms. The van der Waals surface area contributed by atoms with Crippen LogP contribution in [0, 0.1) is 5.41 Å². The number of hydrogen-bond donors (Lipinski definition) is 2. The maximum Gasteiger partial charge on any atom is 0.0693 e. The Morgan fingerprint density at radius 3 is 2.42 bits per heavy atom. The first-order valence-electron chi connectivity index (χ1n) is 4.90. The number of rotatable bonds is 2. The normalized spacial score (nSPS) is 31.0. The fourth-order valence-electron chi connectivity index (χ4n) is 1.62. The Labute approximate surface area is 75.4 Å². The van der Waals surface area contributed by atoms with E-state index in [2.05, 4.69) is 26.1 Å². The zero-order valence-corrected chi connectivity index (χ0v) is 8.43. The van der Waals surface area contributed by atoms with E-state index >= 15 is 0 Å². The van der Waals surface area contributed by atoms with Crippen molar-refractivity contribution < 1.29 is 5.11 Å². The molecule has 0 aromatic carbocycles. The Morgan fingerprint density at radius 1 is 1.33 bits per heavy atom. The molecule has 12 heavy (non-hydrogen) atoms. The van der Waals surface area contributed by atoms with Gasteiger partial charge < -0.3 is 10.4 Å². The van der Waals surface area contributed by atoms with Gasteiger partial charge in [-0.1, -0.05) is 20.8 Å². The molecule has 1 aliphatic carbocycles. The monoisotopic (exact) mass is 171 g/mol. The Morgan fingerprint density at radius 2 is 2.00 bits per heavy atom. The Bertz CT molecular complexity index is 139. The molecule has 0 spiro atoms. The van der Waals surface area contributed by atoms with Gasteiger partial charge in [0.05, 0.1) is 6.10 Å². The molecule has 1 fully saturated rings. The molecule has 0 radical (unpaired) electrons. The second-order valence-corrected chi connectivity index (χ2v) is 5.05. The molecule has 0 saturated heterocycles. The van der Waals surface area contributed by atoms with Crippen LogP contribution in [0.5, 0.6) is 0 Å². The van der Waals surface area contributed by atoms with Crippen LogP contribution in [0.1, 0.15) is 40.0 Å². The molecule has 0 unspecified atom stereocenters. The molecule has 0 bridgehead atoms. The summed E-state index contributed by atoms with van der Waals surface area (Å²) in [6.07, 6.45) is 3.18. The van der Waals surface area contributed by atoms with E-state index in [9.17, 15) is 5.11 Å². The molecule has 2 atom stereocenters. The lowest BCUT2D eigenvalue weighted by molar-refractivity contribution is 0.143. The minimum atomic E-state index is -0.104. The predicted molar refractivity (Wildman–Crippen MR) is 51.1 cm³/mol. The molecule has 1 rings (SSSR count). The molecule has 0 amide bonds. The standard InChI is InChI=1S/C10H21NO/c1-10(2,3)7-11-8-5-4-6-9(8)12/h8-9,11-12H,4-7H2,1-3H3/t8-,9+/m0/s1. The molecule has 1 saturated carbocycles. The van der Waals surface area contributed by atoms with Crippen molar-refractivity contribution in [2.75, 3.05) is 6.54 Å². The largest absolute Gasteiger partial charge is 0.392 e. The second kappa shape index (κ2) is 3.75. The summed E-state index contributed by atoms with van der Waals surface area (Å²) in [6.45, 7) is 7.62. The first kappa shape index (κ1) is 10.0. The SMILES string of the molecule is CC(C)(C)CN[C@H]1CCC[C@H]1O. The van der Waals surface area contributed by atoms with Gasteiger partial charge in [-0.3, -0.25) is 0 Å². The van der Waals surface area contributed by atoms with E-state index in [-0.39, 0.29) is 6.10 Å². The van der Waals surface area contributed by atoms with Gasteiger partial charge in [0.2, 0.25) is 0 Å². The smallest absolute Gasteiger partial charge is 0.0693 e. The van der Waals surface area contributed by atoms with Gasteiger partial charge in [0.1, 0.15) is 0 Å².